The SMILES string of the molecule is CNC(C)c1ccc(F)cc1OCC(O)COC. The molecule has 0 spiro atoms. The van der Waals surface area contributed by atoms with Crippen LogP contribution in [0.3, 0.4) is 0 Å². The Balaban J connectivity index is 2.76. The number of aliphatic hydroxyl groups is 1. The van der Waals surface area contributed by atoms with Gasteiger partial charge in [0.2, 0.25) is 0 Å². The van der Waals surface area contributed by atoms with Gasteiger partial charge in [0.05, 0.1) is 6.61 Å². The third kappa shape index (κ3) is 4.25. The minimum absolute atomic E-state index is 0.0418. The van der Waals surface area contributed by atoms with Gasteiger partial charge in [0.25, 0.3) is 0 Å². The van der Waals surface area contributed by atoms with E-state index < -0.39 is 6.10 Å². The minimum Gasteiger partial charge on any atom is -0.490 e. The summed E-state index contributed by atoms with van der Waals surface area (Å²) in [5.74, 6) is 0.0743. The molecule has 0 bridgehead atoms. The van der Waals surface area contributed by atoms with Gasteiger partial charge in [0, 0.05) is 24.8 Å². The summed E-state index contributed by atoms with van der Waals surface area (Å²) < 4.78 is 23.4. The van der Waals surface area contributed by atoms with Gasteiger partial charge in [-0.25, -0.2) is 4.39 Å². The lowest BCUT2D eigenvalue weighted by atomic mass is 10.1. The molecule has 0 saturated heterocycles. The molecule has 0 aromatic heterocycles. The fourth-order valence-corrected chi connectivity index (χ4v) is 1.57. The van der Waals surface area contributed by atoms with Crippen LogP contribution in [-0.2, 0) is 4.74 Å². The minimum atomic E-state index is -0.726. The number of aliphatic hydroxyl groups excluding tert-OH is 1. The lowest BCUT2D eigenvalue weighted by molar-refractivity contribution is 0.0321. The maximum atomic E-state index is 13.2. The molecule has 2 atom stereocenters. The second-order valence-electron chi connectivity index (χ2n) is 4.11. The molecule has 1 aromatic carbocycles. The van der Waals surface area contributed by atoms with Crippen LogP contribution in [0.5, 0.6) is 5.75 Å². The molecule has 4 nitrogen and oxygen atoms in total. The predicted molar refractivity (Wildman–Crippen MR) is 67.3 cm³/mol. The molecule has 5 heteroatoms. The van der Waals surface area contributed by atoms with Gasteiger partial charge in [-0.2, -0.15) is 0 Å². The number of hydrogen-bond acceptors (Lipinski definition) is 4. The second kappa shape index (κ2) is 7.31. The quantitative estimate of drug-likeness (QED) is 0.777. The fourth-order valence-electron chi connectivity index (χ4n) is 1.57. The molecule has 0 aliphatic carbocycles. The van der Waals surface area contributed by atoms with Crippen molar-refractivity contribution >= 4 is 0 Å². The molecule has 0 heterocycles. The van der Waals surface area contributed by atoms with E-state index in [-0.39, 0.29) is 25.1 Å². The molecule has 102 valence electrons. The van der Waals surface area contributed by atoms with Crippen molar-refractivity contribution in [3.63, 3.8) is 0 Å². The second-order valence-corrected chi connectivity index (χ2v) is 4.11. The van der Waals surface area contributed by atoms with Crippen molar-refractivity contribution in [2.75, 3.05) is 27.4 Å². The molecule has 0 saturated carbocycles. The van der Waals surface area contributed by atoms with Gasteiger partial charge in [0.1, 0.15) is 24.3 Å². The summed E-state index contributed by atoms with van der Waals surface area (Å²) in [6, 6.07) is 4.43. The van der Waals surface area contributed by atoms with Gasteiger partial charge >= 0.3 is 0 Å². The zero-order valence-electron chi connectivity index (χ0n) is 10.9. The Morgan fingerprint density at radius 2 is 2.11 bits per heavy atom. The first kappa shape index (κ1) is 14.9. The molecular weight excluding hydrogens is 237 g/mol. The number of benzene rings is 1. The van der Waals surface area contributed by atoms with Crippen molar-refractivity contribution in [3.05, 3.63) is 29.6 Å². The van der Waals surface area contributed by atoms with Crippen molar-refractivity contribution in [2.45, 2.75) is 19.1 Å². The lowest BCUT2D eigenvalue weighted by Crippen LogP contribution is -2.23. The zero-order valence-corrected chi connectivity index (χ0v) is 10.9. The van der Waals surface area contributed by atoms with E-state index in [1.807, 2.05) is 14.0 Å². The summed E-state index contributed by atoms with van der Waals surface area (Å²) in [5, 5.41) is 12.6. The molecule has 1 rings (SSSR count). The number of halogens is 1. The Hall–Kier alpha value is -1.17. The highest BCUT2D eigenvalue weighted by molar-refractivity contribution is 5.36. The van der Waals surface area contributed by atoms with E-state index in [9.17, 15) is 9.50 Å². The van der Waals surface area contributed by atoms with E-state index in [4.69, 9.17) is 9.47 Å². The first-order valence-corrected chi connectivity index (χ1v) is 5.85. The van der Waals surface area contributed by atoms with E-state index in [2.05, 4.69) is 5.32 Å². The van der Waals surface area contributed by atoms with E-state index in [0.717, 1.165) is 5.56 Å². The molecule has 18 heavy (non-hydrogen) atoms. The Bertz CT molecular complexity index is 373. The fraction of sp³-hybridized carbons (Fsp3) is 0.538. The van der Waals surface area contributed by atoms with E-state index in [1.54, 1.807) is 6.07 Å². The Morgan fingerprint density at radius 3 is 2.72 bits per heavy atom. The summed E-state index contributed by atoms with van der Waals surface area (Å²) in [6.45, 7) is 2.21. The highest BCUT2D eigenvalue weighted by Crippen LogP contribution is 2.26. The normalized spacial score (nSPS) is 14.3. The Kier molecular flexibility index (Phi) is 6.04. The van der Waals surface area contributed by atoms with Gasteiger partial charge in [-0.1, -0.05) is 6.07 Å². The van der Waals surface area contributed by atoms with Crippen LogP contribution >= 0.6 is 0 Å². The van der Waals surface area contributed by atoms with Crippen molar-refractivity contribution in [2.24, 2.45) is 0 Å². The molecule has 0 radical (unpaired) electrons. The number of hydrogen-bond donors (Lipinski definition) is 2. The first-order valence-electron chi connectivity index (χ1n) is 5.85. The van der Waals surface area contributed by atoms with Crippen LogP contribution < -0.4 is 10.1 Å². The third-order valence-electron chi connectivity index (χ3n) is 2.67. The molecule has 0 fully saturated rings. The summed E-state index contributed by atoms with van der Waals surface area (Å²) in [4.78, 5) is 0. The average Bonchev–Trinajstić information content (AvgIpc) is 2.36. The van der Waals surface area contributed by atoms with E-state index in [1.165, 1.54) is 19.2 Å². The first-order chi connectivity index (χ1) is 8.58. The van der Waals surface area contributed by atoms with Gasteiger partial charge in [-0.05, 0) is 20.0 Å². The summed E-state index contributed by atoms with van der Waals surface area (Å²) in [6.07, 6.45) is -0.726. The highest BCUT2D eigenvalue weighted by atomic mass is 19.1. The average molecular weight is 257 g/mol. The van der Waals surface area contributed by atoms with Crippen LogP contribution in [-0.4, -0.2) is 38.6 Å². The van der Waals surface area contributed by atoms with E-state index >= 15 is 0 Å². The molecule has 0 aliphatic heterocycles. The van der Waals surface area contributed by atoms with Crippen molar-refractivity contribution < 1.29 is 19.0 Å². The Morgan fingerprint density at radius 1 is 1.39 bits per heavy atom. The van der Waals surface area contributed by atoms with E-state index in [0.29, 0.717) is 5.75 Å². The maximum absolute atomic E-state index is 13.2. The maximum Gasteiger partial charge on any atom is 0.127 e. The van der Waals surface area contributed by atoms with Crippen molar-refractivity contribution in [3.8, 4) is 5.75 Å². The Labute approximate surface area is 107 Å². The number of methoxy groups -OCH3 is 1. The molecule has 2 N–H and O–H groups in total. The molecule has 0 amide bonds. The zero-order chi connectivity index (χ0) is 13.5. The number of nitrogens with one attached hydrogen (secondary N) is 1. The largest absolute Gasteiger partial charge is 0.490 e. The van der Waals surface area contributed by atoms with Gasteiger partial charge in [0.15, 0.2) is 0 Å². The van der Waals surface area contributed by atoms with Crippen molar-refractivity contribution in [1.29, 1.82) is 0 Å². The number of ether oxygens (including phenoxy) is 2. The molecule has 2 unspecified atom stereocenters. The third-order valence-corrected chi connectivity index (χ3v) is 2.67. The van der Waals surface area contributed by atoms with Gasteiger partial charge in [-0.15, -0.1) is 0 Å². The van der Waals surface area contributed by atoms with Crippen molar-refractivity contribution in [1.82, 2.24) is 5.32 Å². The number of rotatable bonds is 7. The standard InChI is InChI=1S/C13H20FNO3/c1-9(15-2)12-5-4-10(14)6-13(12)18-8-11(16)7-17-3/h4-6,9,11,15-16H,7-8H2,1-3H3. The van der Waals surface area contributed by atoms with Gasteiger partial charge in [-0.3, -0.25) is 0 Å². The molecule has 1 aromatic rings. The summed E-state index contributed by atoms with van der Waals surface area (Å²) in [7, 11) is 3.32. The van der Waals surface area contributed by atoms with Crippen LogP contribution in [0.15, 0.2) is 18.2 Å². The van der Waals surface area contributed by atoms with Crippen LogP contribution in [0.1, 0.15) is 18.5 Å². The topological polar surface area (TPSA) is 50.7 Å². The van der Waals surface area contributed by atoms with Crippen LogP contribution in [0, 0.1) is 5.82 Å². The molecule has 0 aliphatic rings. The smallest absolute Gasteiger partial charge is 0.127 e. The van der Waals surface area contributed by atoms with Gasteiger partial charge < -0.3 is 19.9 Å². The molecular formula is C13H20FNO3. The van der Waals surface area contributed by atoms with Crippen LogP contribution in [0.2, 0.25) is 0 Å². The monoisotopic (exact) mass is 257 g/mol. The van der Waals surface area contributed by atoms with Crippen LogP contribution in [0.4, 0.5) is 4.39 Å². The summed E-state index contributed by atoms with van der Waals surface area (Å²) >= 11 is 0. The van der Waals surface area contributed by atoms with Crippen LogP contribution in [0.25, 0.3) is 0 Å². The lowest BCUT2D eigenvalue weighted by Gasteiger charge is -2.18. The predicted octanol–water partition coefficient (Wildman–Crippen LogP) is 1.49. The summed E-state index contributed by atoms with van der Waals surface area (Å²) in [5.41, 5.74) is 0.850. The highest BCUT2D eigenvalue weighted by Gasteiger charge is 2.13.